The summed E-state index contributed by atoms with van der Waals surface area (Å²) < 4.78 is 26.5. The number of anilines is 3. The van der Waals surface area contributed by atoms with Crippen molar-refractivity contribution in [3.05, 3.63) is 143 Å². The van der Waals surface area contributed by atoms with Gasteiger partial charge in [-0.3, -0.25) is 19.2 Å². The smallest absolute Gasteiger partial charge is 0.335 e. The zero-order valence-corrected chi connectivity index (χ0v) is 47.9. The zero-order chi connectivity index (χ0) is 58.6. The predicted octanol–water partition coefficient (Wildman–Crippen LogP) is 7.89. The Morgan fingerprint density at radius 1 is 0.671 bits per heavy atom. The highest BCUT2D eigenvalue weighted by molar-refractivity contribution is 6.66. The number of carboxylic acids is 2. The third-order valence-electron chi connectivity index (χ3n) is 12.7. The van der Waals surface area contributed by atoms with E-state index in [1.54, 1.807) is 54.6 Å². The second-order valence-electron chi connectivity index (χ2n) is 18.0. The van der Waals surface area contributed by atoms with E-state index < -0.39 is 17.2 Å². The van der Waals surface area contributed by atoms with Gasteiger partial charge in [0.15, 0.2) is 0 Å². The molecule has 22 nitrogen and oxygen atoms in total. The van der Waals surface area contributed by atoms with Crippen LogP contribution >= 0.6 is 47.2 Å². The number of benzene rings is 3. The lowest BCUT2D eigenvalue weighted by atomic mass is 10.0. The van der Waals surface area contributed by atoms with E-state index in [0.717, 1.165) is 50.1 Å². The molecule has 5 aromatic rings. The highest BCUT2D eigenvalue weighted by Crippen LogP contribution is 2.35. The number of hydrogen-bond acceptors (Lipinski definition) is 17. The molecule has 0 aliphatic carbocycles. The Hall–Kier alpha value is -8.02. The normalized spacial score (nSPS) is 15.8. The fraction of sp³-hybridized carbons (Fsp3) is 0.321. The molecule has 26 heteroatoms. The molecule has 0 spiro atoms. The maximum absolute atomic E-state index is 13.1. The average molecular weight is 1210 g/mol. The molecule has 0 saturated carbocycles. The zero-order valence-electron chi connectivity index (χ0n) is 44.8. The molecular formula is C56H61Cl4N9O13. The Bertz CT molecular complexity index is 3130. The fourth-order valence-corrected chi connectivity index (χ4v) is 9.01. The highest BCUT2D eigenvalue weighted by atomic mass is 35.5. The number of allylic oxidation sites excluding steroid dienone is 1. The topological polar surface area (TPSA) is 274 Å². The van der Waals surface area contributed by atoms with Gasteiger partial charge in [-0.2, -0.15) is 9.97 Å². The fourth-order valence-electron chi connectivity index (χ4n) is 8.68. The van der Waals surface area contributed by atoms with E-state index in [1.807, 2.05) is 4.90 Å². The summed E-state index contributed by atoms with van der Waals surface area (Å²) in [6, 6.07) is 14.4. The first-order valence-corrected chi connectivity index (χ1v) is 26.4. The minimum Gasteiger partial charge on any atom is -0.490 e. The summed E-state index contributed by atoms with van der Waals surface area (Å²) in [5, 5.41) is 24.3. The van der Waals surface area contributed by atoms with Crippen molar-refractivity contribution in [2.45, 2.75) is 25.7 Å². The van der Waals surface area contributed by atoms with Crippen LogP contribution in [0.4, 0.5) is 17.1 Å². The van der Waals surface area contributed by atoms with Crippen molar-refractivity contribution in [2.24, 2.45) is 11.8 Å². The molecule has 2 atom stereocenters. The van der Waals surface area contributed by atoms with E-state index in [0.29, 0.717) is 120 Å². The molecule has 7 heterocycles. The number of halogens is 4. The Balaban J connectivity index is 0.000000206. The van der Waals surface area contributed by atoms with Crippen LogP contribution in [0.25, 0.3) is 0 Å². The first kappa shape index (κ1) is 64.8. The van der Waals surface area contributed by atoms with E-state index in [9.17, 15) is 28.8 Å². The van der Waals surface area contributed by atoms with Crippen molar-refractivity contribution < 1.29 is 62.7 Å². The van der Waals surface area contributed by atoms with Gasteiger partial charge in [-0.25, -0.2) is 19.6 Å². The predicted molar refractivity (Wildman–Crippen MR) is 311 cm³/mol. The van der Waals surface area contributed by atoms with Gasteiger partial charge in [0.1, 0.15) is 58.8 Å². The molecule has 5 aliphatic rings. The number of carbonyl (C=O) groups is 6. The number of methoxy groups -OCH3 is 2. The first-order chi connectivity index (χ1) is 39.0. The molecule has 82 heavy (non-hydrogen) atoms. The number of nitrogens with one attached hydrogen (secondary N) is 2. The summed E-state index contributed by atoms with van der Waals surface area (Å²) >= 11 is 16.5. The molecule has 2 aromatic heterocycles. The summed E-state index contributed by atoms with van der Waals surface area (Å²) in [5.74, 6) is 2.30. The van der Waals surface area contributed by atoms with Gasteiger partial charge in [0.05, 0.1) is 67.9 Å². The van der Waals surface area contributed by atoms with Gasteiger partial charge in [-0.15, -0.1) is 12.4 Å². The van der Waals surface area contributed by atoms with Gasteiger partial charge in [-0.05, 0) is 122 Å². The van der Waals surface area contributed by atoms with Crippen LogP contribution in [0.5, 0.6) is 29.0 Å². The number of hydrogen-bond donors (Lipinski definition) is 4. The van der Waals surface area contributed by atoms with Crippen LogP contribution in [0, 0.1) is 11.8 Å². The third-order valence-corrected chi connectivity index (χ3v) is 13.3. The number of nitrogens with zero attached hydrogens (tertiary/aromatic N) is 7. The maximum atomic E-state index is 13.1. The Morgan fingerprint density at radius 3 is 1.65 bits per heavy atom. The summed E-state index contributed by atoms with van der Waals surface area (Å²) in [7, 11) is 3.08. The van der Waals surface area contributed by atoms with E-state index in [2.05, 4.69) is 50.3 Å². The molecule has 3 amide bonds. The van der Waals surface area contributed by atoms with Crippen molar-refractivity contribution >= 4 is 99.2 Å². The second-order valence-corrected chi connectivity index (χ2v) is 19.2. The van der Waals surface area contributed by atoms with Crippen molar-refractivity contribution in [3.63, 3.8) is 0 Å². The molecule has 3 aromatic carbocycles. The number of carbonyl (C=O) groups excluding carboxylic acids is 4. The number of likely N-dealkylation sites (tertiary alicyclic amines) is 1. The lowest BCUT2D eigenvalue weighted by Gasteiger charge is -2.29. The van der Waals surface area contributed by atoms with Gasteiger partial charge in [0.2, 0.25) is 17.0 Å². The number of aromatic nitrogens is 4. The van der Waals surface area contributed by atoms with E-state index >= 15 is 0 Å². The number of ether oxygens (including phenoxy) is 5. The van der Waals surface area contributed by atoms with Gasteiger partial charge < -0.3 is 59.2 Å². The SMILES string of the molecule is C=CC(=O)Cl.C=CC(=O)N1CCOc2cc(C(=O)N3CC[C@@H](Cc4ncc(Cl)c(OC)n4)C3)ccc21.C=CC(=O)N1CCOc2cc(C(=O)O)ccc21.COc1nc(C[C@@H]2CCNC2)ncc1Cl.Cl.O=C(O)c1ccc2c(c1)OCCN2. The molecule has 2 saturated heterocycles. The van der Waals surface area contributed by atoms with Crippen molar-refractivity contribution in [1.82, 2.24) is 30.2 Å². The first-order valence-electron chi connectivity index (χ1n) is 25.3. The standard InChI is InChI=1S/C22H23ClN4O4.C12H11NO4.C10H14ClN3O.C9H9NO3.C3H3ClO.ClH/c1-3-20(28)27-8-9-31-18-11-15(4-5-17(18)27)22(29)26-7-6-14(13-26)10-19-24-12-16(23)21(25-19)30-2;1-2-11(14)13-5-6-17-10-7-8(12(15)16)3-4-9(10)13;1-15-10-8(11)6-13-9(14-10)4-7-2-3-12-5-7;11-9(12)6-1-2-7-8(5-6)13-4-3-10-7;1-2-3(4)5;/h3-5,11-12,14H,1,6-10,13H2,2H3;2-4,7H,1,5-6H2,(H,15,16);6-7,12H,2-5H2,1H3;1-2,5,10H,3-4H2,(H,11,12);2H,1H2;1H/t14-;;7-;;;/m0.0.../s1. The second kappa shape index (κ2) is 31.8. The Kier molecular flexibility index (Phi) is 25.2. The van der Waals surface area contributed by atoms with Crippen LogP contribution in [-0.2, 0) is 27.2 Å². The summed E-state index contributed by atoms with van der Waals surface area (Å²) in [6.45, 7) is 16.4. The quantitative estimate of drug-likeness (QED) is 0.0682. The summed E-state index contributed by atoms with van der Waals surface area (Å²) in [4.78, 5) is 89.6. The molecular weight excluding hydrogens is 1150 g/mol. The molecule has 0 bridgehead atoms. The molecule has 4 N–H and O–H groups in total. The summed E-state index contributed by atoms with van der Waals surface area (Å²) in [5.41, 5.74) is 3.01. The van der Waals surface area contributed by atoms with Crippen LogP contribution in [0.2, 0.25) is 10.0 Å². The van der Waals surface area contributed by atoms with Crippen LogP contribution in [0.1, 0.15) is 55.6 Å². The number of fused-ring (bicyclic) bond motifs is 3. The van der Waals surface area contributed by atoms with Gasteiger partial charge in [0, 0.05) is 38.0 Å². The monoisotopic (exact) mass is 1210 g/mol. The molecule has 0 radical (unpaired) electrons. The largest absolute Gasteiger partial charge is 0.490 e. The van der Waals surface area contributed by atoms with E-state index in [4.69, 9.17) is 68.7 Å². The van der Waals surface area contributed by atoms with Crippen molar-refractivity contribution in [3.8, 4) is 29.0 Å². The van der Waals surface area contributed by atoms with Crippen LogP contribution < -0.4 is 44.1 Å². The molecule has 2 fully saturated rings. The van der Waals surface area contributed by atoms with Crippen LogP contribution in [0.15, 0.2) is 105 Å². The molecule has 0 unspecified atom stereocenters. The number of amides is 3. The Labute approximate surface area is 494 Å². The Morgan fingerprint density at radius 2 is 1.16 bits per heavy atom. The molecule has 10 rings (SSSR count). The minimum absolute atomic E-state index is 0. The average Bonchev–Trinajstić information content (AvgIpc) is 4.20. The molecule has 5 aliphatic heterocycles. The van der Waals surface area contributed by atoms with Gasteiger partial charge in [0.25, 0.3) is 17.7 Å². The summed E-state index contributed by atoms with van der Waals surface area (Å²) in [6.07, 6.45) is 10.3. The number of carboxylic acid groups (broad SMARTS) is 2. The van der Waals surface area contributed by atoms with Crippen LogP contribution in [-0.4, -0.2) is 150 Å². The lowest BCUT2D eigenvalue weighted by molar-refractivity contribution is -0.115. The van der Waals surface area contributed by atoms with E-state index in [-0.39, 0.29) is 47.2 Å². The minimum atomic E-state index is -1.02. The van der Waals surface area contributed by atoms with Crippen LogP contribution in [0.3, 0.4) is 0 Å². The third kappa shape index (κ3) is 18.0. The number of rotatable bonds is 12. The highest BCUT2D eigenvalue weighted by Gasteiger charge is 2.30. The molecule has 436 valence electrons. The van der Waals surface area contributed by atoms with E-state index in [1.165, 1.54) is 55.0 Å². The lowest BCUT2D eigenvalue weighted by Crippen LogP contribution is -2.37. The van der Waals surface area contributed by atoms with Gasteiger partial charge >= 0.3 is 11.9 Å². The van der Waals surface area contributed by atoms with Crippen molar-refractivity contribution in [1.29, 1.82) is 0 Å². The van der Waals surface area contributed by atoms with Gasteiger partial charge in [-0.1, -0.05) is 42.9 Å². The van der Waals surface area contributed by atoms with Crippen molar-refractivity contribution in [2.75, 3.05) is 95.0 Å². The maximum Gasteiger partial charge on any atom is 0.335 e. The number of aromatic carboxylic acids is 2.